The molecule has 0 aliphatic carbocycles. The van der Waals surface area contributed by atoms with Crippen LogP contribution in [0.25, 0.3) is 11.3 Å². The van der Waals surface area contributed by atoms with Gasteiger partial charge in [-0.05, 0) is 18.4 Å². The Bertz CT molecular complexity index is 477. The van der Waals surface area contributed by atoms with Gasteiger partial charge in [0, 0.05) is 11.6 Å². The van der Waals surface area contributed by atoms with E-state index >= 15 is 0 Å². The third kappa shape index (κ3) is 3.03. The standard InChI is InChI=1S/C14H17N3/c1-2-3-4-11-5-7-12(8-6-11)13-9-14(15)17-10-16-13/h5-10H,2-4H2,1H3,(H2,15,16,17). The highest BCUT2D eigenvalue weighted by Gasteiger charge is 2.00. The number of anilines is 1. The maximum atomic E-state index is 5.64. The fourth-order valence-corrected chi connectivity index (χ4v) is 1.75. The summed E-state index contributed by atoms with van der Waals surface area (Å²) in [4.78, 5) is 8.10. The first kappa shape index (κ1) is 11.6. The molecule has 0 bridgehead atoms. The Hall–Kier alpha value is -1.90. The van der Waals surface area contributed by atoms with Gasteiger partial charge in [0.1, 0.15) is 12.1 Å². The highest BCUT2D eigenvalue weighted by molar-refractivity contribution is 5.61. The third-order valence-corrected chi connectivity index (χ3v) is 2.76. The van der Waals surface area contributed by atoms with E-state index in [4.69, 9.17) is 5.73 Å². The zero-order valence-electron chi connectivity index (χ0n) is 10.1. The Balaban J connectivity index is 2.17. The normalized spacial score (nSPS) is 10.4. The highest BCUT2D eigenvalue weighted by Crippen LogP contribution is 2.18. The van der Waals surface area contributed by atoms with E-state index < -0.39 is 0 Å². The molecule has 2 N–H and O–H groups in total. The van der Waals surface area contributed by atoms with Crippen LogP contribution in [0.15, 0.2) is 36.7 Å². The second kappa shape index (κ2) is 5.43. The summed E-state index contributed by atoms with van der Waals surface area (Å²) in [6.45, 7) is 2.21. The molecule has 2 aromatic rings. The molecule has 0 saturated heterocycles. The summed E-state index contributed by atoms with van der Waals surface area (Å²) in [6, 6.07) is 10.3. The lowest BCUT2D eigenvalue weighted by atomic mass is 10.0. The molecule has 0 spiro atoms. The van der Waals surface area contributed by atoms with Gasteiger partial charge >= 0.3 is 0 Å². The summed E-state index contributed by atoms with van der Waals surface area (Å²) in [5.41, 5.74) is 8.97. The first-order valence-electron chi connectivity index (χ1n) is 5.96. The van der Waals surface area contributed by atoms with Crippen LogP contribution in [-0.2, 0) is 6.42 Å². The molecule has 1 heterocycles. The number of rotatable bonds is 4. The van der Waals surface area contributed by atoms with Crippen LogP contribution in [0.1, 0.15) is 25.3 Å². The van der Waals surface area contributed by atoms with Gasteiger partial charge in [-0.25, -0.2) is 9.97 Å². The number of aryl methyl sites for hydroxylation is 1. The molecule has 17 heavy (non-hydrogen) atoms. The summed E-state index contributed by atoms with van der Waals surface area (Å²) >= 11 is 0. The van der Waals surface area contributed by atoms with Crippen molar-refractivity contribution in [1.29, 1.82) is 0 Å². The predicted molar refractivity (Wildman–Crippen MR) is 70.5 cm³/mol. The van der Waals surface area contributed by atoms with Crippen molar-refractivity contribution >= 4 is 5.82 Å². The van der Waals surface area contributed by atoms with Gasteiger partial charge in [-0.15, -0.1) is 0 Å². The number of nitrogens with two attached hydrogens (primary N) is 1. The Morgan fingerprint density at radius 1 is 1.12 bits per heavy atom. The van der Waals surface area contributed by atoms with Crippen LogP contribution in [0.5, 0.6) is 0 Å². The second-order valence-electron chi connectivity index (χ2n) is 4.13. The lowest BCUT2D eigenvalue weighted by Crippen LogP contribution is -1.92. The Kier molecular flexibility index (Phi) is 3.70. The van der Waals surface area contributed by atoms with Gasteiger partial charge in [-0.2, -0.15) is 0 Å². The van der Waals surface area contributed by atoms with Gasteiger partial charge < -0.3 is 5.73 Å². The average molecular weight is 227 g/mol. The summed E-state index contributed by atoms with van der Waals surface area (Å²) < 4.78 is 0. The van der Waals surface area contributed by atoms with Crippen LogP contribution >= 0.6 is 0 Å². The smallest absolute Gasteiger partial charge is 0.127 e. The predicted octanol–water partition coefficient (Wildman–Crippen LogP) is 3.07. The number of nitrogen functional groups attached to an aromatic ring is 1. The lowest BCUT2D eigenvalue weighted by Gasteiger charge is -2.03. The van der Waals surface area contributed by atoms with E-state index in [9.17, 15) is 0 Å². The molecule has 0 aliphatic heterocycles. The van der Waals surface area contributed by atoms with Crippen molar-refractivity contribution in [3.05, 3.63) is 42.2 Å². The molecule has 0 aliphatic rings. The van der Waals surface area contributed by atoms with Crippen molar-refractivity contribution < 1.29 is 0 Å². The number of nitrogens with zero attached hydrogens (tertiary/aromatic N) is 2. The minimum atomic E-state index is 0.505. The zero-order valence-corrected chi connectivity index (χ0v) is 10.1. The number of unbranched alkanes of at least 4 members (excludes halogenated alkanes) is 1. The SMILES string of the molecule is CCCCc1ccc(-c2cc(N)ncn2)cc1. The van der Waals surface area contributed by atoms with E-state index in [0.717, 1.165) is 17.7 Å². The molecule has 88 valence electrons. The molecule has 0 amide bonds. The van der Waals surface area contributed by atoms with Crippen molar-refractivity contribution in [2.75, 3.05) is 5.73 Å². The Morgan fingerprint density at radius 3 is 2.53 bits per heavy atom. The van der Waals surface area contributed by atoms with Gasteiger partial charge in [-0.3, -0.25) is 0 Å². The first-order valence-corrected chi connectivity index (χ1v) is 5.96. The van der Waals surface area contributed by atoms with Gasteiger partial charge in [0.25, 0.3) is 0 Å². The van der Waals surface area contributed by atoms with Gasteiger partial charge in [-0.1, -0.05) is 37.6 Å². The summed E-state index contributed by atoms with van der Waals surface area (Å²) in [5, 5.41) is 0. The minimum Gasteiger partial charge on any atom is -0.384 e. The maximum absolute atomic E-state index is 5.64. The van der Waals surface area contributed by atoms with E-state index in [0.29, 0.717) is 5.82 Å². The van der Waals surface area contributed by atoms with Crippen molar-refractivity contribution in [3.63, 3.8) is 0 Å². The van der Waals surface area contributed by atoms with E-state index in [-0.39, 0.29) is 0 Å². The summed E-state index contributed by atoms with van der Waals surface area (Å²) in [7, 11) is 0. The van der Waals surface area contributed by atoms with E-state index in [1.165, 1.54) is 24.7 Å². The fourth-order valence-electron chi connectivity index (χ4n) is 1.75. The molecule has 0 radical (unpaired) electrons. The highest BCUT2D eigenvalue weighted by atomic mass is 14.9. The van der Waals surface area contributed by atoms with Gasteiger partial charge in [0.05, 0.1) is 5.69 Å². The topological polar surface area (TPSA) is 51.8 Å². The van der Waals surface area contributed by atoms with Crippen LogP contribution in [0, 0.1) is 0 Å². The van der Waals surface area contributed by atoms with E-state index in [1.54, 1.807) is 6.07 Å². The van der Waals surface area contributed by atoms with Crippen LogP contribution in [0.3, 0.4) is 0 Å². The average Bonchev–Trinajstić information content (AvgIpc) is 2.37. The maximum Gasteiger partial charge on any atom is 0.127 e. The van der Waals surface area contributed by atoms with Crippen molar-refractivity contribution in [1.82, 2.24) is 9.97 Å². The molecule has 2 rings (SSSR count). The molecule has 0 atom stereocenters. The fraction of sp³-hybridized carbons (Fsp3) is 0.286. The van der Waals surface area contributed by atoms with Crippen LogP contribution in [0.4, 0.5) is 5.82 Å². The number of hydrogen-bond donors (Lipinski definition) is 1. The van der Waals surface area contributed by atoms with E-state index in [2.05, 4.69) is 41.2 Å². The molecule has 1 aromatic heterocycles. The number of aromatic nitrogens is 2. The van der Waals surface area contributed by atoms with Crippen LogP contribution in [-0.4, -0.2) is 9.97 Å². The van der Waals surface area contributed by atoms with Crippen LogP contribution < -0.4 is 5.73 Å². The van der Waals surface area contributed by atoms with Gasteiger partial charge in [0.15, 0.2) is 0 Å². The summed E-state index contributed by atoms with van der Waals surface area (Å²) in [6.07, 6.45) is 5.10. The minimum absolute atomic E-state index is 0.505. The number of benzene rings is 1. The van der Waals surface area contributed by atoms with Crippen molar-refractivity contribution in [2.45, 2.75) is 26.2 Å². The molecule has 0 fully saturated rings. The summed E-state index contributed by atoms with van der Waals surface area (Å²) in [5.74, 6) is 0.505. The largest absolute Gasteiger partial charge is 0.384 e. The van der Waals surface area contributed by atoms with E-state index in [1.807, 2.05) is 0 Å². The molecule has 3 nitrogen and oxygen atoms in total. The molecule has 0 unspecified atom stereocenters. The van der Waals surface area contributed by atoms with Crippen molar-refractivity contribution in [2.24, 2.45) is 0 Å². The van der Waals surface area contributed by atoms with Crippen LogP contribution in [0.2, 0.25) is 0 Å². The zero-order chi connectivity index (χ0) is 12.1. The quantitative estimate of drug-likeness (QED) is 0.873. The second-order valence-corrected chi connectivity index (χ2v) is 4.13. The Labute approximate surface area is 102 Å². The molecular formula is C14H17N3. The van der Waals surface area contributed by atoms with Gasteiger partial charge in [0.2, 0.25) is 0 Å². The first-order chi connectivity index (χ1) is 8.29. The monoisotopic (exact) mass is 227 g/mol. The number of hydrogen-bond acceptors (Lipinski definition) is 3. The molecular weight excluding hydrogens is 210 g/mol. The molecule has 3 heteroatoms. The Morgan fingerprint density at radius 2 is 1.88 bits per heavy atom. The third-order valence-electron chi connectivity index (χ3n) is 2.76. The lowest BCUT2D eigenvalue weighted by molar-refractivity contribution is 0.795. The molecule has 0 saturated carbocycles. The molecule has 1 aromatic carbocycles. The van der Waals surface area contributed by atoms with Crippen molar-refractivity contribution in [3.8, 4) is 11.3 Å².